The van der Waals surface area contributed by atoms with E-state index >= 15 is 0 Å². The van der Waals surface area contributed by atoms with Gasteiger partial charge in [-0.25, -0.2) is 4.98 Å². The number of carbonyl (C=O) groups is 1. The van der Waals surface area contributed by atoms with E-state index in [1.54, 1.807) is 13.0 Å². The van der Waals surface area contributed by atoms with E-state index in [1.165, 1.54) is 35.6 Å². The number of aryl methyl sites for hydroxylation is 1. The Morgan fingerprint density at radius 2 is 1.97 bits per heavy atom. The van der Waals surface area contributed by atoms with Crippen LogP contribution < -0.4 is 0 Å². The summed E-state index contributed by atoms with van der Waals surface area (Å²) in [6.07, 6.45) is -4.66. The second kappa shape index (κ2) is 8.29. The molecular formula is C18H14F3N3O3S2. The first kappa shape index (κ1) is 20.9. The molecule has 6 nitrogen and oxygen atoms in total. The molecule has 3 aromatic rings. The summed E-state index contributed by atoms with van der Waals surface area (Å²) in [5.74, 6) is -0.863. The topological polar surface area (TPSA) is 76.3 Å². The highest BCUT2D eigenvalue weighted by atomic mass is 32.1. The van der Waals surface area contributed by atoms with Crippen molar-refractivity contribution < 1.29 is 22.9 Å². The molecule has 0 aliphatic carbocycles. The number of aromatic nitrogens is 1. The largest absolute Gasteiger partial charge is 0.406 e. The van der Waals surface area contributed by atoms with Gasteiger partial charge in [0, 0.05) is 11.6 Å². The van der Waals surface area contributed by atoms with E-state index in [0.717, 1.165) is 16.2 Å². The summed E-state index contributed by atoms with van der Waals surface area (Å²) in [6.45, 7) is -0.512. The molecular weight excluding hydrogens is 427 g/mol. The maximum absolute atomic E-state index is 13.1. The normalized spacial score (nSPS) is 11.4. The van der Waals surface area contributed by atoms with E-state index in [-0.39, 0.29) is 16.1 Å². The first-order valence-electron chi connectivity index (χ1n) is 8.25. The van der Waals surface area contributed by atoms with E-state index < -0.39 is 30.1 Å². The van der Waals surface area contributed by atoms with Crippen LogP contribution in [0.3, 0.4) is 0 Å². The first-order valence-corrected chi connectivity index (χ1v) is 9.95. The summed E-state index contributed by atoms with van der Waals surface area (Å²) >= 11 is 2.41. The van der Waals surface area contributed by atoms with Crippen LogP contribution in [0.1, 0.15) is 20.9 Å². The fourth-order valence-corrected chi connectivity index (χ4v) is 4.52. The Balaban J connectivity index is 1.95. The molecule has 0 atom stereocenters. The number of nitro groups is 1. The molecule has 11 heteroatoms. The van der Waals surface area contributed by atoms with Crippen molar-refractivity contribution in [2.24, 2.45) is 0 Å². The average Bonchev–Trinajstić information content (AvgIpc) is 3.29. The van der Waals surface area contributed by atoms with Crippen LogP contribution in [0.2, 0.25) is 0 Å². The first-order chi connectivity index (χ1) is 13.7. The number of thiazole rings is 1. The van der Waals surface area contributed by atoms with Crippen molar-refractivity contribution >= 4 is 34.3 Å². The number of thiophene rings is 1. The molecule has 1 aromatic carbocycles. The summed E-state index contributed by atoms with van der Waals surface area (Å²) < 4.78 is 39.4. The van der Waals surface area contributed by atoms with Gasteiger partial charge in [0.2, 0.25) is 0 Å². The number of nitro benzene ring substituents is 1. The Kier molecular flexibility index (Phi) is 5.99. The second-order valence-corrected chi connectivity index (χ2v) is 8.02. The summed E-state index contributed by atoms with van der Waals surface area (Å²) in [5.41, 5.74) is 0.00154. The lowest BCUT2D eigenvalue weighted by Gasteiger charge is -2.23. The Morgan fingerprint density at radius 3 is 2.59 bits per heavy atom. The molecule has 0 spiro atoms. The van der Waals surface area contributed by atoms with Gasteiger partial charge in [-0.1, -0.05) is 24.3 Å². The highest BCUT2D eigenvalue weighted by Gasteiger charge is 2.35. The summed E-state index contributed by atoms with van der Waals surface area (Å²) in [7, 11) is 0. The number of nitrogens with zero attached hydrogens (tertiary/aromatic N) is 3. The van der Waals surface area contributed by atoms with Crippen LogP contribution in [0.15, 0.2) is 41.8 Å². The SMILES string of the molecule is Cc1nc(-c2cccs2)sc1C(=O)N(Cc1ccccc1[N+](=O)[O-])CC(F)(F)F. The Morgan fingerprint density at radius 1 is 1.24 bits per heavy atom. The van der Waals surface area contributed by atoms with E-state index in [4.69, 9.17) is 0 Å². The lowest BCUT2D eigenvalue weighted by molar-refractivity contribution is -0.385. The maximum Gasteiger partial charge on any atom is 0.406 e. The fourth-order valence-electron chi connectivity index (χ4n) is 2.69. The standard InChI is InChI=1S/C18H14F3N3O3S2/c1-11-15(29-16(22-11)14-7-4-8-28-14)17(25)23(10-18(19,20)21)9-12-5-2-3-6-13(12)24(26)27/h2-8H,9-10H2,1H3. The molecule has 1 amide bonds. The number of alkyl halides is 3. The predicted molar refractivity (Wildman–Crippen MR) is 104 cm³/mol. The lowest BCUT2D eigenvalue weighted by atomic mass is 10.1. The predicted octanol–water partition coefficient (Wildman–Crippen LogP) is 5.29. The van der Waals surface area contributed by atoms with Gasteiger partial charge in [0.25, 0.3) is 11.6 Å². The number of halogens is 3. The zero-order chi connectivity index (χ0) is 21.2. The quantitative estimate of drug-likeness (QED) is 0.385. The van der Waals surface area contributed by atoms with Crippen LogP contribution in [0.5, 0.6) is 0 Å². The molecule has 2 heterocycles. The Bertz CT molecular complexity index is 1030. The van der Waals surface area contributed by atoms with Gasteiger partial charge in [-0.3, -0.25) is 14.9 Å². The number of amides is 1. The number of carbonyl (C=O) groups excluding carboxylic acids is 1. The molecule has 152 valence electrons. The Hall–Kier alpha value is -2.79. The van der Waals surface area contributed by atoms with Gasteiger partial charge >= 0.3 is 6.18 Å². The molecule has 0 unspecified atom stereocenters. The van der Waals surface area contributed by atoms with E-state index in [9.17, 15) is 28.1 Å². The molecule has 0 radical (unpaired) electrons. The highest BCUT2D eigenvalue weighted by molar-refractivity contribution is 7.22. The van der Waals surface area contributed by atoms with Gasteiger partial charge in [0.15, 0.2) is 0 Å². The average molecular weight is 441 g/mol. The molecule has 0 bridgehead atoms. The monoisotopic (exact) mass is 441 g/mol. The summed E-state index contributed by atoms with van der Waals surface area (Å²) in [5, 5.41) is 13.6. The van der Waals surface area contributed by atoms with Crippen molar-refractivity contribution in [2.45, 2.75) is 19.6 Å². The third kappa shape index (κ3) is 4.98. The van der Waals surface area contributed by atoms with Crippen LogP contribution in [0, 0.1) is 17.0 Å². The molecule has 0 fully saturated rings. The Labute approximate surface area is 171 Å². The minimum absolute atomic E-state index is 0.0238. The van der Waals surface area contributed by atoms with Crippen LogP contribution in [0.4, 0.5) is 18.9 Å². The molecule has 0 aliphatic rings. The van der Waals surface area contributed by atoms with Crippen molar-refractivity contribution in [3.05, 3.63) is 68.0 Å². The van der Waals surface area contributed by atoms with Gasteiger partial charge in [0.05, 0.1) is 22.0 Å². The van der Waals surface area contributed by atoms with E-state index in [0.29, 0.717) is 15.6 Å². The summed E-state index contributed by atoms with van der Waals surface area (Å²) in [6, 6.07) is 9.04. The van der Waals surface area contributed by atoms with Gasteiger partial charge in [-0.2, -0.15) is 13.2 Å². The number of rotatable bonds is 6. The van der Waals surface area contributed by atoms with Crippen LogP contribution in [-0.2, 0) is 6.54 Å². The third-order valence-electron chi connectivity index (χ3n) is 3.93. The third-order valence-corrected chi connectivity index (χ3v) is 6.11. The second-order valence-electron chi connectivity index (χ2n) is 6.07. The minimum atomic E-state index is -4.66. The van der Waals surface area contributed by atoms with Crippen molar-refractivity contribution in [2.75, 3.05) is 6.54 Å². The van der Waals surface area contributed by atoms with Crippen molar-refractivity contribution in [3.63, 3.8) is 0 Å². The number of benzene rings is 1. The van der Waals surface area contributed by atoms with Gasteiger partial charge in [-0.05, 0) is 18.4 Å². The van der Waals surface area contributed by atoms with Crippen molar-refractivity contribution in [3.8, 4) is 9.88 Å². The maximum atomic E-state index is 13.1. The number of para-hydroxylation sites is 1. The molecule has 0 saturated heterocycles. The van der Waals surface area contributed by atoms with Gasteiger partial charge in [0.1, 0.15) is 16.4 Å². The fraction of sp³-hybridized carbons (Fsp3) is 0.222. The molecule has 0 saturated carbocycles. The number of hydrogen-bond acceptors (Lipinski definition) is 6. The van der Waals surface area contributed by atoms with Gasteiger partial charge in [-0.15, -0.1) is 22.7 Å². The van der Waals surface area contributed by atoms with Crippen molar-refractivity contribution in [1.29, 1.82) is 0 Å². The molecule has 29 heavy (non-hydrogen) atoms. The van der Waals surface area contributed by atoms with Crippen LogP contribution >= 0.6 is 22.7 Å². The molecule has 0 N–H and O–H groups in total. The highest BCUT2D eigenvalue weighted by Crippen LogP contribution is 2.33. The molecule has 0 aliphatic heterocycles. The van der Waals surface area contributed by atoms with Crippen LogP contribution in [-0.4, -0.2) is 33.4 Å². The minimum Gasteiger partial charge on any atom is -0.324 e. The molecule has 3 rings (SSSR count). The van der Waals surface area contributed by atoms with E-state index in [2.05, 4.69) is 4.98 Å². The smallest absolute Gasteiger partial charge is 0.324 e. The molecule has 2 aromatic heterocycles. The zero-order valence-corrected chi connectivity index (χ0v) is 16.6. The summed E-state index contributed by atoms with van der Waals surface area (Å²) in [4.78, 5) is 29.2. The van der Waals surface area contributed by atoms with Gasteiger partial charge < -0.3 is 4.90 Å². The zero-order valence-electron chi connectivity index (χ0n) is 15.0. The number of hydrogen-bond donors (Lipinski definition) is 0. The van der Waals surface area contributed by atoms with Crippen molar-refractivity contribution in [1.82, 2.24) is 9.88 Å². The van der Waals surface area contributed by atoms with Crippen LogP contribution in [0.25, 0.3) is 9.88 Å². The lowest BCUT2D eigenvalue weighted by Crippen LogP contribution is -2.38. The van der Waals surface area contributed by atoms with E-state index in [1.807, 2.05) is 11.4 Å².